The molecule has 1 N–H and O–H groups in total. The van der Waals surface area contributed by atoms with Crippen LogP contribution in [0, 0.1) is 17.8 Å². The lowest BCUT2D eigenvalue weighted by atomic mass is 10.1. The first-order valence-corrected chi connectivity index (χ1v) is 3.44. The van der Waals surface area contributed by atoms with Crippen LogP contribution in [-0.4, -0.2) is 12.1 Å². The summed E-state index contributed by atoms with van der Waals surface area (Å²) in [6.45, 7) is 6.32. The van der Waals surface area contributed by atoms with E-state index in [1.807, 2.05) is 6.92 Å². The zero-order valence-electron chi connectivity index (χ0n) is 6.23. The van der Waals surface area contributed by atoms with Crippen LogP contribution in [0.2, 0.25) is 0 Å². The molecule has 1 rings (SSSR count). The Hall–Kier alpha value is -0.480. The molecule has 9 heavy (non-hydrogen) atoms. The molecule has 0 saturated carbocycles. The number of rotatable bonds is 1. The predicted octanol–water partition coefficient (Wildman–Crippen LogP) is 1.01. The molecule has 0 aliphatic carbocycles. The second-order valence-corrected chi connectivity index (χ2v) is 2.81. The van der Waals surface area contributed by atoms with Gasteiger partial charge >= 0.3 is 0 Å². The van der Waals surface area contributed by atoms with Gasteiger partial charge in [-0.25, -0.2) is 0 Å². The highest BCUT2D eigenvalue weighted by Crippen LogP contribution is 2.18. The third kappa shape index (κ3) is 1.46. The van der Waals surface area contributed by atoms with Gasteiger partial charge in [0, 0.05) is 6.04 Å². The molecule has 0 aromatic heterocycles. The van der Waals surface area contributed by atoms with Crippen LogP contribution in [0.3, 0.4) is 0 Å². The van der Waals surface area contributed by atoms with Crippen LogP contribution in [-0.2, 0) is 0 Å². The van der Waals surface area contributed by atoms with Crippen molar-refractivity contribution in [2.24, 2.45) is 5.92 Å². The minimum absolute atomic E-state index is 0.495. The highest BCUT2D eigenvalue weighted by Gasteiger charge is 2.36. The summed E-state index contributed by atoms with van der Waals surface area (Å²) < 4.78 is 0. The average molecular weight is 123 g/mol. The zero-order valence-corrected chi connectivity index (χ0v) is 6.23. The lowest BCUT2D eigenvalue weighted by molar-refractivity contribution is 0.627. The highest BCUT2D eigenvalue weighted by atomic mass is 15.1. The molecule has 1 aliphatic heterocycles. The van der Waals surface area contributed by atoms with E-state index in [1.54, 1.807) is 0 Å². The Morgan fingerprint density at radius 3 is 2.44 bits per heavy atom. The summed E-state index contributed by atoms with van der Waals surface area (Å²) in [5, 5.41) is 3.30. The Balaban J connectivity index is 2.30. The second kappa shape index (κ2) is 2.41. The lowest BCUT2D eigenvalue weighted by Gasteiger charge is -1.94. The minimum Gasteiger partial charge on any atom is -0.297 e. The smallest absolute Gasteiger partial charge is 0.0850 e. The molecule has 0 amide bonds. The predicted molar refractivity (Wildman–Crippen MR) is 39.0 cm³/mol. The molecule has 1 heterocycles. The summed E-state index contributed by atoms with van der Waals surface area (Å²) in [7, 11) is 0. The quantitative estimate of drug-likeness (QED) is 0.408. The van der Waals surface area contributed by atoms with Crippen LogP contribution in [0.1, 0.15) is 20.8 Å². The van der Waals surface area contributed by atoms with E-state index in [0.717, 1.165) is 5.92 Å². The molecule has 1 saturated heterocycles. The van der Waals surface area contributed by atoms with E-state index in [9.17, 15) is 0 Å². The standard InChI is InChI=1S/C8H13N/c1-4-5-7-8(9-7)6(2)3/h6-9H,1-3H3/t7-,8-/m0/s1. The molecule has 0 radical (unpaired) electrons. The Morgan fingerprint density at radius 2 is 2.11 bits per heavy atom. The van der Waals surface area contributed by atoms with Crippen molar-refractivity contribution in [1.82, 2.24) is 5.32 Å². The SMILES string of the molecule is CC#C[C@@H]1N[C@H]1C(C)C. The van der Waals surface area contributed by atoms with Gasteiger partial charge in [0.15, 0.2) is 0 Å². The Bertz CT molecular complexity index is 150. The summed E-state index contributed by atoms with van der Waals surface area (Å²) in [6.07, 6.45) is 0. The van der Waals surface area contributed by atoms with Gasteiger partial charge in [0.05, 0.1) is 6.04 Å². The molecular weight excluding hydrogens is 110 g/mol. The highest BCUT2D eigenvalue weighted by molar-refractivity contribution is 5.20. The fourth-order valence-electron chi connectivity index (χ4n) is 1.02. The molecule has 50 valence electrons. The van der Waals surface area contributed by atoms with E-state index in [1.165, 1.54) is 0 Å². The molecule has 0 aromatic carbocycles. The Labute approximate surface area is 56.8 Å². The van der Waals surface area contributed by atoms with Crippen molar-refractivity contribution >= 4 is 0 Å². The topological polar surface area (TPSA) is 21.9 Å². The van der Waals surface area contributed by atoms with Crippen molar-refractivity contribution in [1.29, 1.82) is 0 Å². The summed E-state index contributed by atoms with van der Waals surface area (Å²) in [4.78, 5) is 0. The van der Waals surface area contributed by atoms with Gasteiger partial charge in [-0.05, 0) is 12.8 Å². The molecule has 1 heteroatoms. The van der Waals surface area contributed by atoms with Crippen molar-refractivity contribution in [3.8, 4) is 11.8 Å². The normalized spacial score (nSPS) is 31.6. The van der Waals surface area contributed by atoms with E-state index in [-0.39, 0.29) is 0 Å². The Kier molecular flexibility index (Phi) is 1.78. The van der Waals surface area contributed by atoms with Gasteiger partial charge < -0.3 is 0 Å². The maximum atomic E-state index is 3.30. The van der Waals surface area contributed by atoms with Crippen molar-refractivity contribution in [2.75, 3.05) is 0 Å². The summed E-state index contributed by atoms with van der Waals surface area (Å²) in [5.74, 6) is 6.72. The van der Waals surface area contributed by atoms with Crippen LogP contribution in [0.15, 0.2) is 0 Å². The van der Waals surface area contributed by atoms with E-state index >= 15 is 0 Å². The van der Waals surface area contributed by atoms with Crippen LogP contribution >= 0.6 is 0 Å². The van der Waals surface area contributed by atoms with E-state index in [2.05, 4.69) is 31.0 Å². The monoisotopic (exact) mass is 123 g/mol. The van der Waals surface area contributed by atoms with Crippen molar-refractivity contribution < 1.29 is 0 Å². The maximum absolute atomic E-state index is 3.30. The van der Waals surface area contributed by atoms with Crippen LogP contribution in [0.25, 0.3) is 0 Å². The van der Waals surface area contributed by atoms with Crippen molar-refractivity contribution in [3.63, 3.8) is 0 Å². The fourth-order valence-corrected chi connectivity index (χ4v) is 1.02. The number of nitrogens with one attached hydrogen (secondary N) is 1. The Morgan fingerprint density at radius 1 is 1.44 bits per heavy atom. The third-order valence-corrected chi connectivity index (χ3v) is 1.64. The van der Waals surface area contributed by atoms with Gasteiger partial charge in [-0.1, -0.05) is 19.8 Å². The van der Waals surface area contributed by atoms with Gasteiger partial charge in [0.2, 0.25) is 0 Å². The first kappa shape index (κ1) is 6.64. The fraction of sp³-hybridized carbons (Fsp3) is 0.750. The van der Waals surface area contributed by atoms with Gasteiger partial charge in [0.25, 0.3) is 0 Å². The van der Waals surface area contributed by atoms with Crippen LogP contribution in [0.5, 0.6) is 0 Å². The van der Waals surface area contributed by atoms with Gasteiger partial charge in [-0.3, -0.25) is 5.32 Å². The zero-order chi connectivity index (χ0) is 6.85. The maximum Gasteiger partial charge on any atom is 0.0850 e. The first-order chi connectivity index (χ1) is 4.25. The van der Waals surface area contributed by atoms with Gasteiger partial charge in [-0.2, -0.15) is 0 Å². The molecule has 2 atom stereocenters. The molecular formula is C8H13N. The first-order valence-electron chi connectivity index (χ1n) is 3.44. The minimum atomic E-state index is 0.495. The van der Waals surface area contributed by atoms with Gasteiger partial charge in [0.1, 0.15) is 0 Å². The summed E-state index contributed by atoms with van der Waals surface area (Å²) >= 11 is 0. The summed E-state index contributed by atoms with van der Waals surface area (Å²) in [5.41, 5.74) is 0. The van der Waals surface area contributed by atoms with E-state index in [0.29, 0.717) is 12.1 Å². The lowest BCUT2D eigenvalue weighted by Crippen LogP contribution is -2.01. The number of hydrogen-bond acceptors (Lipinski definition) is 1. The number of hydrogen-bond donors (Lipinski definition) is 1. The molecule has 1 nitrogen and oxygen atoms in total. The molecule has 0 bridgehead atoms. The third-order valence-electron chi connectivity index (χ3n) is 1.64. The average Bonchev–Trinajstić information content (AvgIpc) is 2.47. The molecule has 0 aromatic rings. The largest absolute Gasteiger partial charge is 0.297 e. The molecule has 0 spiro atoms. The van der Waals surface area contributed by atoms with Crippen molar-refractivity contribution in [2.45, 2.75) is 32.9 Å². The van der Waals surface area contributed by atoms with E-state index < -0.39 is 0 Å². The van der Waals surface area contributed by atoms with Crippen molar-refractivity contribution in [3.05, 3.63) is 0 Å². The second-order valence-electron chi connectivity index (χ2n) is 2.81. The molecule has 0 unspecified atom stereocenters. The van der Waals surface area contributed by atoms with Gasteiger partial charge in [-0.15, -0.1) is 5.92 Å². The summed E-state index contributed by atoms with van der Waals surface area (Å²) in [6, 6.07) is 1.16. The van der Waals surface area contributed by atoms with Crippen LogP contribution < -0.4 is 5.32 Å². The van der Waals surface area contributed by atoms with Crippen LogP contribution in [0.4, 0.5) is 0 Å². The molecule has 1 fully saturated rings. The van der Waals surface area contributed by atoms with E-state index in [4.69, 9.17) is 0 Å². The molecule has 1 aliphatic rings.